The molecule has 0 spiro atoms. The number of fused-ring (bicyclic) bond motifs is 1. The molecular weight excluding hydrogens is 583 g/mol. The second-order valence-electron chi connectivity index (χ2n) is 10.8. The van der Waals surface area contributed by atoms with Gasteiger partial charge in [-0.2, -0.15) is 10.2 Å². The molecule has 1 aromatic carbocycles. The van der Waals surface area contributed by atoms with E-state index in [-0.39, 0.29) is 57.3 Å². The van der Waals surface area contributed by atoms with E-state index in [0.717, 1.165) is 0 Å². The lowest BCUT2D eigenvalue weighted by Crippen LogP contribution is -2.55. The monoisotopic (exact) mass is 614 g/mol. The van der Waals surface area contributed by atoms with Crippen molar-refractivity contribution in [3.05, 3.63) is 50.4 Å². The third kappa shape index (κ3) is 6.31. The summed E-state index contributed by atoms with van der Waals surface area (Å²) in [7, 11) is 4.60. The topological polar surface area (TPSA) is 132 Å². The van der Waals surface area contributed by atoms with E-state index in [0.29, 0.717) is 41.6 Å². The van der Waals surface area contributed by atoms with Crippen LogP contribution in [0.1, 0.15) is 20.8 Å². The minimum absolute atomic E-state index is 0.113. The predicted molar refractivity (Wildman–Crippen MR) is 161 cm³/mol. The average molecular weight is 616 g/mol. The van der Waals surface area contributed by atoms with Crippen LogP contribution in [0.4, 0.5) is 5.95 Å². The van der Waals surface area contributed by atoms with Crippen LogP contribution in [-0.2, 0) is 16.1 Å². The SMILES string of the molecule is CNc1ncc2cc(-c3c(Cl)c(OC)cc(OC)c3Cl)c(=O)n(CCOC3CN(C(=O)C(C#N)=CC(C)(C)C)C3)c2n1. The molecule has 1 aliphatic heterocycles. The molecule has 1 saturated heterocycles. The van der Waals surface area contributed by atoms with Crippen molar-refractivity contribution < 1.29 is 19.0 Å². The standard InChI is InChI=1S/C29H32Cl2N6O5/c1-29(2,3)11-17(12-32)26(38)36-14-18(15-36)42-8-7-37-25-16(13-34-28(33-4)35-25)9-19(27(37)39)22-23(30)20(40-5)10-21(41-6)24(22)31/h9-11,13,18H,7-8,14-15H2,1-6H3,(H,33,34,35). The van der Waals surface area contributed by atoms with Crippen LogP contribution < -0.4 is 20.3 Å². The molecule has 222 valence electrons. The Bertz CT molecular complexity index is 1620. The third-order valence-electron chi connectivity index (χ3n) is 6.63. The number of aromatic nitrogens is 3. The highest BCUT2D eigenvalue weighted by Crippen LogP contribution is 2.45. The Morgan fingerprint density at radius 3 is 2.38 bits per heavy atom. The number of halogens is 2. The van der Waals surface area contributed by atoms with Gasteiger partial charge >= 0.3 is 0 Å². The zero-order valence-electron chi connectivity index (χ0n) is 24.2. The van der Waals surface area contributed by atoms with Crippen molar-refractivity contribution in [3.63, 3.8) is 0 Å². The van der Waals surface area contributed by atoms with Gasteiger partial charge in [0.05, 0.1) is 49.1 Å². The first-order valence-corrected chi connectivity index (χ1v) is 13.9. The Kier molecular flexibility index (Phi) is 9.30. The molecule has 3 aromatic rings. The summed E-state index contributed by atoms with van der Waals surface area (Å²) < 4.78 is 18.3. The minimum atomic E-state index is -0.401. The molecule has 0 unspecified atom stereocenters. The molecule has 1 N–H and O–H groups in total. The van der Waals surface area contributed by atoms with Crippen molar-refractivity contribution >= 4 is 46.1 Å². The van der Waals surface area contributed by atoms with Gasteiger partial charge in [-0.15, -0.1) is 0 Å². The van der Waals surface area contributed by atoms with Crippen LogP contribution in [0.2, 0.25) is 10.0 Å². The van der Waals surface area contributed by atoms with Crippen LogP contribution in [0.3, 0.4) is 0 Å². The van der Waals surface area contributed by atoms with Gasteiger partial charge in [0, 0.05) is 43.4 Å². The fraction of sp³-hybridized carbons (Fsp3) is 0.414. The fourth-order valence-electron chi connectivity index (χ4n) is 4.55. The molecule has 3 heterocycles. The number of likely N-dealkylation sites (tertiary alicyclic amines) is 1. The van der Waals surface area contributed by atoms with E-state index >= 15 is 0 Å². The normalized spacial score (nSPS) is 14.0. The summed E-state index contributed by atoms with van der Waals surface area (Å²) in [4.78, 5) is 37.0. The average Bonchev–Trinajstić information content (AvgIpc) is 2.93. The van der Waals surface area contributed by atoms with Crippen molar-refractivity contribution in [1.82, 2.24) is 19.4 Å². The van der Waals surface area contributed by atoms with E-state index in [2.05, 4.69) is 15.3 Å². The van der Waals surface area contributed by atoms with Crippen LogP contribution >= 0.6 is 23.2 Å². The number of nitriles is 1. The molecule has 0 radical (unpaired) electrons. The molecule has 42 heavy (non-hydrogen) atoms. The zero-order valence-corrected chi connectivity index (χ0v) is 25.8. The predicted octanol–water partition coefficient (Wildman–Crippen LogP) is 4.55. The second-order valence-corrected chi connectivity index (χ2v) is 11.5. The largest absolute Gasteiger partial charge is 0.495 e. The Morgan fingerprint density at radius 1 is 1.19 bits per heavy atom. The number of nitrogens with one attached hydrogen (secondary N) is 1. The van der Waals surface area contributed by atoms with Gasteiger partial charge in [0.25, 0.3) is 11.5 Å². The number of methoxy groups -OCH3 is 2. The highest BCUT2D eigenvalue weighted by molar-refractivity contribution is 6.41. The smallest absolute Gasteiger partial charge is 0.264 e. The maximum Gasteiger partial charge on any atom is 0.264 e. The van der Waals surface area contributed by atoms with Gasteiger partial charge in [0.1, 0.15) is 28.8 Å². The number of benzene rings is 1. The number of anilines is 1. The van der Waals surface area contributed by atoms with E-state index in [1.54, 1.807) is 36.4 Å². The number of hydrogen-bond donors (Lipinski definition) is 1. The molecule has 1 aliphatic rings. The number of carbonyl (C=O) groups excluding carboxylic acids is 1. The maximum absolute atomic E-state index is 13.9. The molecule has 0 saturated carbocycles. The highest BCUT2D eigenvalue weighted by Gasteiger charge is 2.33. The third-order valence-corrected chi connectivity index (χ3v) is 7.38. The van der Waals surface area contributed by atoms with Crippen molar-refractivity contribution in [3.8, 4) is 28.7 Å². The molecule has 1 fully saturated rings. The Balaban J connectivity index is 1.62. The van der Waals surface area contributed by atoms with E-state index in [9.17, 15) is 14.9 Å². The molecule has 1 amide bonds. The number of ether oxygens (including phenoxy) is 3. The first kappa shape index (κ1) is 31.1. The minimum Gasteiger partial charge on any atom is -0.495 e. The van der Waals surface area contributed by atoms with Crippen LogP contribution in [0, 0.1) is 16.7 Å². The Hall–Kier alpha value is -3.85. The summed E-state index contributed by atoms with van der Waals surface area (Å²) in [5.41, 5.74) is 0.284. The number of nitrogens with zero attached hydrogens (tertiary/aromatic N) is 5. The molecule has 4 rings (SSSR count). The number of carbonyl (C=O) groups is 1. The Morgan fingerprint density at radius 2 is 1.83 bits per heavy atom. The molecule has 0 aliphatic carbocycles. The van der Waals surface area contributed by atoms with Gasteiger partial charge in [-0.3, -0.25) is 14.2 Å². The second kappa shape index (κ2) is 12.6. The van der Waals surface area contributed by atoms with E-state index in [1.165, 1.54) is 18.8 Å². The maximum atomic E-state index is 13.9. The lowest BCUT2D eigenvalue weighted by Gasteiger charge is -2.39. The zero-order chi connectivity index (χ0) is 30.8. The lowest BCUT2D eigenvalue weighted by molar-refractivity contribution is -0.140. The Labute approximate surface area is 253 Å². The number of pyridine rings is 1. The number of hydrogen-bond acceptors (Lipinski definition) is 9. The summed E-state index contributed by atoms with van der Waals surface area (Å²) in [6.07, 6.45) is 3.04. The van der Waals surface area contributed by atoms with Crippen molar-refractivity contribution in [2.45, 2.75) is 33.4 Å². The van der Waals surface area contributed by atoms with Crippen molar-refractivity contribution in [1.29, 1.82) is 5.26 Å². The van der Waals surface area contributed by atoms with Crippen LogP contribution in [0.15, 0.2) is 34.8 Å². The molecule has 11 nitrogen and oxygen atoms in total. The molecule has 0 bridgehead atoms. The number of amides is 1. The van der Waals surface area contributed by atoms with Gasteiger partial charge in [-0.05, 0) is 11.5 Å². The quantitative estimate of drug-likeness (QED) is 0.272. The van der Waals surface area contributed by atoms with Crippen molar-refractivity contribution in [2.75, 3.05) is 46.3 Å². The van der Waals surface area contributed by atoms with Gasteiger partial charge in [0.2, 0.25) is 5.95 Å². The summed E-state index contributed by atoms with van der Waals surface area (Å²) in [6.45, 7) is 6.79. The van der Waals surface area contributed by atoms with Gasteiger partial charge in [-0.1, -0.05) is 50.0 Å². The van der Waals surface area contributed by atoms with Gasteiger partial charge < -0.3 is 24.4 Å². The molecule has 13 heteroatoms. The van der Waals surface area contributed by atoms with E-state index in [1.807, 2.05) is 26.8 Å². The lowest BCUT2D eigenvalue weighted by atomic mass is 9.93. The molecule has 2 aromatic heterocycles. The van der Waals surface area contributed by atoms with Gasteiger partial charge in [0.15, 0.2) is 0 Å². The first-order valence-electron chi connectivity index (χ1n) is 13.1. The summed E-state index contributed by atoms with van der Waals surface area (Å²) >= 11 is 13.3. The van der Waals surface area contributed by atoms with Gasteiger partial charge in [-0.25, -0.2) is 4.98 Å². The summed E-state index contributed by atoms with van der Waals surface area (Å²) in [5.74, 6) is 0.615. The summed E-state index contributed by atoms with van der Waals surface area (Å²) in [5, 5.41) is 13.2. The summed E-state index contributed by atoms with van der Waals surface area (Å²) in [6, 6.07) is 5.18. The van der Waals surface area contributed by atoms with Crippen LogP contribution in [0.25, 0.3) is 22.2 Å². The van der Waals surface area contributed by atoms with Crippen LogP contribution in [-0.4, -0.2) is 72.4 Å². The number of rotatable bonds is 9. The van der Waals surface area contributed by atoms with E-state index in [4.69, 9.17) is 37.4 Å². The van der Waals surface area contributed by atoms with Crippen LogP contribution in [0.5, 0.6) is 11.5 Å². The first-order chi connectivity index (χ1) is 19.9. The van der Waals surface area contributed by atoms with E-state index < -0.39 is 5.56 Å². The number of allylic oxidation sites excluding steroid dienone is 1. The highest BCUT2D eigenvalue weighted by atomic mass is 35.5. The molecular formula is C29H32Cl2N6O5. The fourth-order valence-corrected chi connectivity index (χ4v) is 5.26. The molecule has 0 atom stereocenters. The van der Waals surface area contributed by atoms with Crippen molar-refractivity contribution in [2.24, 2.45) is 5.41 Å².